The van der Waals surface area contributed by atoms with Crippen LogP contribution in [0.1, 0.15) is 39.0 Å². The summed E-state index contributed by atoms with van der Waals surface area (Å²) in [5.74, 6) is 1.72. The van der Waals surface area contributed by atoms with Crippen LogP contribution in [0.3, 0.4) is 0 Å². The molecule has 0 aliphatic rings. The van der Waals surface area contributed by atoms with Gasteiger partial charge in [-0.2, -0.15) is 0 Å². The Kier molecular flexibility index (Phi) is 5.88. The average molecular weight is 273 g/mol. The number of hydrogen-bond acceptors (Lipinski definition) is 4. The first-order valence-corrected chi connectivity index (χ1v) is 8.20. The summed E-state index contributed by atoms with van der Waals surface area (Å²) in [5.41, 5.74) is 0. The lowest BCUT2D eigenvalue weighted by Crippen LogP contribution is -2.26. The molecule has 1 rings (SSSR count). The van der Waals surface area contributed by atoms with Gasteiger partial charge < -0.3 is 9.73 Å². The Morgan fingerprint density at radius 2 is 2.00 bits per heavy atom. The topological polar surface area (TPSA) is 59.3 Å². The van der Waals surface area contributed by atoms with Gasteiger partial charge in [-0.15, -0.1) is 0 Å². The highest BCUT2D eigenvalue weighted by Crippen LogP contribution is 2.11. The maximum atomic E-state index is 11.7. The fourth-order valence-corrected chi connectivity index (χ4v) is 3.05. The lowest BCUT2D eigenvalue weighted by Gasteiger charge is -2.11. The number of hydrogen-bond donors (Lipinski definition) is 1. The van der Waals surface area contributed by atoms with Gasteiger partial charge >= 0.3 is 0 Å². The summed E-state index contributed by atoms with van der Waals surface area (Å²) in [5, 5.41) is 3.16. The molecule has 0 amide bonds. The van der Waals surface area contributed by atoms with Crippen LogP contribution >= 0.6 is 0 Å². The van der Waals surface area contributed by atoms with Gasteiger partial charge in [-0.05, 0) is 31.4 Å². The van der Waals surface area contributed by atoms with Crippen molar-refractivity contribution in [2.24, 2.45) is 5.92 Å². The third kappa shape index (κ3) is 5.69. The first-order valence-electron chi connectivity index (χ1n) is 6.38. The fourth-order valence-electron chi connectivity index (χ4n) is 1.59. The molecule has 0 aliphatic heterocycles. The fraction of sp³-hybridized carbons (Fsp3) is 0.692. The van der Waals surface area contributed by atoms with E-state index in [-0.39, 0.29) is 17.5 Å². The number of sulfone groups is 1. The Labute approximate surface area is 110 Å². The third-order valence-electron chi connectivity index (χ3n) is 2.84. The van der Waals surface area contributed by atoms with Crippen molar-refractivity contribution in [2.45, 2.75) is 33.2 Å². The van der Waals surface area contributed by atoms with Crippen molar-refractivity contribution in [3.63, 3.8) is 0 Å². The monoisotopic (exact) mass is 273 g/mol. The summed E-state index contributed by atoms with van der Waals surface area (Å²) in [7, 11) is -2.93. The zero-order valence-corrected chi connectivity index (χ0v) is 12.2. The Morgan fingerprint density at radius 1 is 1.28 bits per heavy atom. The van der Waals surface area contributed by atoms with E-state index in [9.17, 15) is 8.42 Å². The number of nitrogens with one attached hydrogen (secondary N) is 1. The molecule has 0 fully saturated rings. The molecule has 1 aromatic heterocycles. The van der Waals surface area contributed by atoms with E-state index in [1.807, 2.05) is 32.9 Å². The van der Waals surface area contributed by atoms with Crippen molar-refractivity contribution in [2.75, 3.05) is 18.1 Å². The highest BCUT2D eigenvalue weighted by molar-refractivity contribution is 7.91. The molecule has 1 heterocycles. The van der Waals surface area contributed by atoms with Gasteiger partial charge in [0.1, 0.15) is 5.76 Å². The Morgan fingerprint density at radius 3 is 2.56 bits per heavy atom. The second kappa shape index (κ2) is 6.95. The van der Waals surface area contributed by atoms with Crippen LogP contribution in [0, 0.1) is 5.92 Å². The summed E-state index contributed by atoms with van der Waals surface area (Å²) >= 11 is 0. The predicted octanol–water partition coefficient (Wildman–Crippen LogP) is 2.39. The molecule has 0 saturated heterocycles. The first-order chi connectivity index (χ1) is 8.41. The second-order valence-electron chi connectivity index (χ2n) is 5.03. The van der Waals surface area contributed by atoms with E-state index in [0.29, 0.717) is 12.5 Å². The zero-order valence-electron chi connectivity index (χ0n) is 11.3. The minimum atomic E-state index is -2.93. The Bertz CT molecular complexity index is 423. The average Bonchev–Trinajstić information content (AvgIpc) is 2.79. The van der Waals surface area contributed by atoms with E-state index in [4.69, 9.17) is 4.42 Å². The molecule has 0 bridgehead atoms. The van der Waals surface area contributed by atoms with Crippen LogP contribution in [0.5, 0.6) is 0 Å². The largest absolute Gasteiger partial charge is 0.468 e. The Hall–Kier alpha value is -0.810. The van der Waals surface area contributed by atoms with Gasteiger partial charge in [0.25, 0.3) is 0 Å². The summed E-state index contributed by atoms with van der Waals surface area (Å²) in [4.78, 5) is 0. The standard InChI is InChI=1S/C13H23NO3S/c1-11(2)6-9-18(15,16)10-7-14-12(3)13-5-4-8-17-13/h4-5,8,11-12,14H,6-7,9-10H2,1-3H3. The van der Waals surface area contributed by atoms with E-state index in [2.05, 4.69) is 5.32 Å². The van der Waals surface area contributed by atoms with Crippen LogP contribution in [0.4, 0.5) is 0 Å². The molecule has 5 heteroatoms. The lowest BCUT2D eigenvalue weighted by molar-refractivity contribution is 0.437. The van der Waals surface area contributed by atoms with E-state index < -0.39 is 9.84 Å². The molecule has 1 N–H and O–H groups in total. The van der Waals surface area contributed by atoms with Crippen LogP contribution in [-0.4, -0.2) is 26.5 Å². The minimum Gasteiger partial charge on any atom is -0.468 e. The summed E-state index contributed by atoms with van der Waals surface area (Å²) < 4.78 is 28.7. The SMILES string of the molecule is CC(C)CCS(=O)(=O)CCNC(C)c1ccco1. The van der Waals surface area contributed by atoms with Gasteiger partial charge in [0.15, 0.2) is 9.84 Å². The van der Waals surface area contributed by atoms with E-state index in [0.717, 1.165) is 12.2 Å². The molecule has 0 spiro atoms. The van der Waals surface area contributed by atoms with E-state index in [1.54, 1.807) is 6.26 Å². The molecule has 104 valence electrons. The van der Waals surface area contributed by atoms with Crippen molar-refractivity contribution in [3.8, 4) is 0 Å². The van der Waals surface area contributed by atoms with Gasteiger partial charge in [-0.1, -0.05) is 13.8 Å². The predicted molar refractivity (Wildman–Crippen MR) is 73.2 cm³/mol. The quantitative estimate of drug-likeness (QED) is 0.790. The van der Waals surface area contributed by atoms with Crippen molar-refractivity contribution >= 4 is 9.84 Å². The van der Waals surface area contributed by atoms with E-state index in [1.165, 1.54) is 0 Å². The third-order valence-corrected chi connectivity index (χ3v) is 4.52. The van der Waals surface area contributed by atoms with Crippen molar-refractivity contribution < 1.29 is 12.8 Å². The normalized spacial score (nSPS) is 14.0. The molecule has 0 radical (unpaired) electrons. The molecule has 1 aromatic rings. The molecule has 1 atom stereocenters. The van der Waals surface area contributed by atoms with Crippen LogP contribution < -0.4 is 5.32 Å². The maximum Gasteiger partial charge on any atom is 0.151 e. The maximum absolute atomic E-state index is 11.7. The van der Waals surface area contributed by atoms with Crippen LogP contribution in [0.15, 0.2) is 22.8 Å². The number of furan rings is 1. The molecule has 0 aliphatic carbocycles. The highest BCUT2D eigenvalue weighted by Gasteiger charge is 2.13. The molecule has 18 heavy (non-hydrogen) atoms. The molecule has 1 unspecified atom stereocenters. The zero-order chi connectivity index (χ0) is 13.6. The smallest absolute Gasteiger partial charge is 0.151 e. The van der Waals surface area contributed by atoms with Crippen LogP contribution in [0.2, 0.25) is 0 Å². The summed E-state index contributed by atoms with van der Waals surface area (Å²) in [6.07, 6.45) is 2.35. The van der Waals surface area contributed by atoms with Crippen molar-refractivity contribution in [3.05, 3.63) is 24.2 Å². The van der Waals surface area contributed by atoms with Crippen molar-refractivity contribution in [1.82, 2.24) is 5.32 Å². The highest BCUT2D eigenvalue weighted by atomic mass is 32.2. The molecular weight excluding hydrogens is 250 g/mol. The van der Waals surface area contributed by atoms with Gasteiger partial charge in [-0.25, -0.2) is 8.42 Å². The van der Waals surface area contributed by atoms with E-state index >= 15 is 0 Å². The van der Waals surface area contributed by atoms with Crippen LogP contribution in [-0.2, 0) is 9.84 Å². The summed E-state index contributed by atoms with van der Waals surface area (Å²) in [6, 6.07) is 3.75. The van der Waals surface area contributed by atoms with Gasteiger partial charge in [0, 0.05) is 6.54 Å². The van der Waals surface area contributed by atoms with Crippen LogP contribution in [0.25, 0.3) is 0 Å². The minimum absolute atomic E-state index is 0.0419. The van der Waals surface area contributed by atoms with Crippen molar-refractivity contribution in [1.29, 1.82) is 0 Å². The first kappa shape index (κ1) is 15.2. The lowest BCUT2D eigenvalue weighted by atomic mass is 10.2. The van der Waals surface area contributed by atoms with Gasteiger partial charge in [0.2, 0.25) is 0 Å². The molecule has 0 aromatic carbocycles. The van der Waals surface area contributed by atoms with Gasteiger partial charge in [0.05, 0.1) is 23.8 Å². The second-order valence-corrected chi connectivity index (χ2v) is 7.33. The Balaban J connectivity index is 2.28. The summed E-state index contributed by atoms with van der Waals surface area (Å²) in [6.45, 7) is 6.49. The molecular formula is C13H23NO3S. The molecule has 4 nitrogen and oxygen atoms in total. The number of rotatable bonds is 8. The molecule has 0 saturated carbocycles. The van der Waals surface area contributed by atoms with Gasteiger partial charge in [-0.3, -0.25) is 0 Å².